The molecule has 0 aliphatic rings. The summed E-state index contributed by atoms with van der Waals surface area (Å²) in [5.74, 6) is -0.00178. The lowest BCUT2D eigenvalue weighted by atomic mass is 10.1. The van der Waals surface area contributed by atoms with Crippen LogP contribution in [0.25, 0.3) is 0 Å². The second-order valence-electron chi connectivity index (χ2n) is 4.17. The van der Waals surface area contributed by atoms with Gasteiger partial charge in [-0.2, -0.15) is 0 Å². The van der Waals surface area contributed by atoms with E-state index in [0.29, 0.717) is 18.0 Å². The van der Waals surface area contributed by atoms with Gasteiger partial charge in [-0.15, -0.1) is 0 Å². The van der Waals surface area contributed by atoms with Crippen LogP contribution in [-0.4, -0.2) is 5.91 Å². The van der Waals surface area contributed by atoms with Crippen LogP contribution in [-0.2, 0) is 17.8 Å². The lowest BCUT2D eigenvalue weighted by Crippen LogP contribution is -2.24. The smallest absolute Gasteiger partial charge is 0.224 e. The molecule has 0 aromatic heterocycles. The topological polar surface area (TPSA) is 29.1 Å². The van der Waals surface area contributed by atoms with E-state index in [1.807, 2.05) is 42.5 Å². The fourth-order valence-corrected chi connectivity index (χ4v) is 2.30. The summed E-state index contributed by atoms with van der Waals surface area (Å²) in [4.78, 5) is 11.8. The maximum atomic E-state index is 11.8. The highest BCUT2D eigenvalue weighted by Crippen LogP contribution is 2.20. The molecule has 0 atom stereocenters. The molecule has 0 heterocycles. The maximum Gasteiger partial charge on any atom is 0.224 e. The first-order valence-electron chi connectivity index (χ1n) is 5.90. The van der Waals surface area contributed by atoms with Gasteiger partial charge in [-0.05, 0) is 29.3 Å². The van der Waals surface area contributed by atoms with Crippen molar-refractivity contribution in [2.24, 2.45) is 0 Å². The zero-order valence-corrected chi connectivity index (χ0v) is 12.5. The average molecular weight is 339 g/mol. The van der Waals surface area contributed by atoms with Crippen LogP contribution in [0.15, 0.2) is 53.0 Å². The second-order valence-corrected chi connectivity index (χ2v) is 5.47. The number of halogens is 2. The number of hydrogen-bond acceptors (Lipinski definition) is 1. The zero-order valence-electron chi connectivity index (χ0n) is 10.2. The summed E-state index contributed by atoms with van der Waals surface area (Å²) in [5, 5.41) is 3.55. The van der Waals surface area contributed by atoms with Crippen molar-refractivity contribution in [2.45, 2.75) is 13.0 Å². The van der Waals surface area contributed by atoms with Gasteiger partial charge < -0.3 is 5.32 Å². The van der Waals surface area contributed by atoms with Crippen LogP contribution in [0, 0.1) is 0 Å². The number of carbonyl (C=O) groups excluding carboxylic acids is 1. The van der Waals surface area contributed by atoms with E-state index in [1.54, 1.807) is 6.07 Å². The van der Waals surface area contributed by atoms with E-state index in [0.717, 1.165) is 15.6 Å². The van der Waals surface area contributed by atoms with E-state index < -0.39 is 0 Å². The molecule has 0 aliphatic carbocycles. The van der Waals surface area contributed by atoms with Crippen molar-refractivity contribution in [3.8, 4) is 0 Å². The third kappa shape index (κ3) is 4.37. The van der Waals surface area contributed by atoms with Crippen molar-refractivity contribution in [1.82, 2.24) is 5.32 Å². The minimum Gasteiger partial charge on any atom is -0.352 e. The van der Waals surface area contributed by atoms with E-state index in [-0.39, 0.29) is 5.91 Å². The van der Waals surface area contributed by atoms with Crippen LogP contribution in [0.4, 0.5) is 0 Å². The number of nitrogens with one attached hydrogen (secondary N) is 1. The van der Waals surface area contributed by atoms with E-state index in [9.17, 15) is 4.79 Å². The first kappa shape index (κ1) is 14.1. The molecular formula is C15H13BrClNO. The molecule has 0 saturated heterocycles. The Bertz CT molecular complexity index is 572. The maximum absolute atomic E-state index is 11.8. The lowest BCUT2D eigenvalue weighted by Gasteiger charge is -2.08. The lowest BCUT2D eigenvalue weighted by molar-refractivity contribution is -0.120. The quantitative estimate of drug-likeness (QED) is 0.898. The normalized spacial score (nSPS) is 10.2. The number of amides is 1. The van der Waals surface area contributed by atoms with E-state index >= 15 is 0 Å². The van der Waals surface area contributed by atoms with E-state index in [2.05, 4.69) is 21.2 Å². The summed E-state index contributed by atoms with van der Waals surface area (Å²) in [6, 6.07) is 15.2. The first-order chi connectivity index (χ1) is 9.15. The predicted octanol–water partition coefficient (Wildman–Crippen LogP) is 3.96. The van der Waals surface area contributed by atoms with Crippen molar-refractivity contribution < 1.29 is 4.79 Å². The van der Waals surface area contributed by atoms with Gasteiger partial charge in [-0.25, -0.2) is 0 Å². The van der Waals surface area contributed by atoms with E-state index in [1.165, 1.54) is 0 Å². The van der Waals surface area contributed by atoms with Crippen LogP contribution in [0.5, 0.6) is 0 Å². The van der Waals surface area contributed by atoms with Crippen LogP contribution < -0.4 is 5.32 Å². The molecule has 2 rings (SSSR count). The summed E-state index contributed by atoms with van der Waals surface area (Å²) in [6.45, 7) is 0.465. The number of rotatable bonds is 4. The summed E-state index contributed by atoms with van der Waals surface area (Å²) in [6.07, 6.45) is 0.388. The van der Waals surface area contributed by atoms with Gasteiger partial charge in [0.15, 0.2) is 0 Å². The Kier molecular flexibility index (Phi) is 5.00. The molecule has 2 aromatic carbocycles. The molecule has 0 fully saturated rings. The molecule has 2 aromatic rings. The van der Waals surface area contributed by atoms with Gasteiger partial charge in [0.1, 0.15) is 0 Å². The van der Waals surface area contributed by atoms with Crippen molar-refractivity contribution in [3.63, 3.8) is 0 Å². The third-order valence-electron chi connectivity index (χ3n) is 2.69. The standard InChI is InChI=1S/C15H13BrClNO/c16-14-7-6-13(17)9-12(14)10-18-15(19)8-11-4-2-1-3-5-11/h1-7,9H,8,10H2,(H,18,19). The zero-order chi connectivity index (χ0) is 13.7. The molecule has 0 radical (unpaired) electrons. The summed E-state index contributed by atoms with van der Waals surface area (Å²) in [7, 11) is 0. The molecule has 1 N–H and O–H groups in total. The molecule has 4 heteroatoms. The minimum atomic E-state index is -0.00178. The number of benzene rings is 2. The third-order valence-corrected chi connectivity index (χ3v) is 3.70. The average Bonchev–Trinajstić information content (AvgIpc) is 2.41. The van der Waals surface area contributed by atoms with Gasteiger partial charge in [0.25, 0.3) is 0 Å². The van der Waals surface area contributed by atoms with Gasteiger partial charge in [0, 0.05) is 16.0 Å². The SMILES string of the molecule is O=C(Cc1ccccc1)NCc1cc(Cl)ccc1Br. The highest BCUT2D eigenvalue weighted by molar-refractivity contribution is 9.10. The molecule has 0 spiro atoms. The summed E-state index contributed by atoms with van der Waals surface area (Å²) < 4.78 is 0.942. The summed E-state index contributed by atoms with van der Waals surface area (Å²) in [5.41, 5.74) is 1.97. The number of carbonyl (C=O) groups is 1. The van der Waals surface area contributed by atoms with Gasteiger partial charge in [0.05, 0.1) is 6.42 Å². The molecule has 0 unspecified atom stereocenters. The van der Waals surface area contributed by atoms with Crippen molar-refractivity contribution in [2.75, 3.05) is 0 Å². The first-order valence-corrected chi connectivity index (χ1v) is 7.07. The molecule has 98 valence electrons. The fraction of sp³-hybridized carbons (Fsp3) is 0.133. The predicted molar refractivity (Wildman–Crippen MR) is 81.1 cm³/mol. The Morgan fingerprint density at radius 1 is 1.16 bits per heavy atom. The molecule has 2 nitrogen and oxygen atoms in total. The van der Waals surface area contributed by atoms with Crippen LogP contribution >= 0.6 is 27.5 Å². The largest absolute Gasteiger partial charge is 0.352 e. The Hall–Kier alpha value is -1.32. The van der Waals surface area contributed by atoms with Crippen molar-refractivity contribution >= 4 is 33.4 Å². The number of hydrogen-bond donors (Lipinski definition) is 1. The van der Waals surface area contributed by atoms with Gasteiger partial charge in [-0.1, -0.05) is 57.9 Å². The van der Waals surface area contributed by atoms with Crippen molar-refractivity contribution in [1.29, 1.82) is 0 Å². The van der Waals surface area contributed by atoms with Gasteiger partial charge >= 0.3 is 0 Å². The monoisotopic (exact) mass is 337 g/mol. The Labute approximate surface area is 125 Å². The van der Waals surface area contributed by atoms with Crippen LogP contribution in [0.3, 0.4) is 0 Å². The molecule has 0 aliphatic heterocycles. The molecule has 0 saturated carbocycles. The van der Waals surface area contributed by atoms with Gasteiger partial charge in [0.2, 0.25) is 5.91 Å². The second kappa shape index (κ2) is 6.73. The minimum absolute atomic E-state index is 0.00178. The Morgan fingerprint density at radius 3 is 2.63 bits per heavy atom. The van der Waals surface area contributed by atoms with Crippen molar-refractivity contribution in [3.05, 3.63) is 69.2 Å². The molecule has 19 heavy (non-hydrogen) atoms. The van der Waals surface area contributed by atoms with E-state index in [4.69, 9.17) is 11.6 Å². The Balaban J connectivity index is 1.92. The molecule has 0 bridgehead atoms. The van der Waals surface area contributed by atoms with Crippen LogP contribution in [0.1, 0.15) is 11.1 Å². The summed E-state index contributed by atoms with van der Waals surface area (Å²) >= 11 is 9.37. The molecule has 1 amide bonds. The highest BCUT2D eigenvalue weighted by atomic mass is 79.9. The fourth-order valence-electron chi connectivity index (χ4n) is 1.72. The van der Waals surface area contributed by atoms with Gasteiger partial charge in [-0.3, -0.25) is 4.79 Å². The highest BCUT2D eigenvalue weighted by Gasteiger charge is 2.05. The van der Waals surface area contributed by atoms with Crippen LogP contribution in [0.2, 0.25) is 5.02 Å². The molecular weight excluding hydrogens is 326 g/mol. The Morgan fingerprint density at radius 2 is 1.89 bits per heavy atom.